The summed E-state index contributed by atoms with van der Waals surface area (Å²) in [5.74, 6) is 3.52. The van der Waals surface area contributed by atoms with Gasteiger partial charge in [0.1, 0.15) is 23.1 Å². The Hall–Kier alpha value is -6.40. The van der Waals surface area contributed by atoms with Crippen molar-refractivity contribution in [1.82, 2.24) is 4.57 Å². The zero-order valence-corrected chi connectivity index (χ0v) is 30.9. The third-order valence-electron chi connectivity index (χ3n) is 11.7. The fraction of sp³-hybridized carbons (Fsp3) is 0.167. The summed E-state index contributed by atoms with van der Waals surface area (Å²) in [5.41, 5.74) is 8.69. The molecule has 7 aromatic carbocycles. The molecule has 1 aromatic heterocycles. The summed E-state index contributed by atoms with van der Waals surface area (Å²) in [4.78, 5) is 2.70. The molecule has 6 heteroatoms. The van der Waals surface area contributed by atoms with Crippen LogP contribution in [0.1, 0.15) is 36.9 Å². The van der Waals surface area contributed by atoms with Crippen molar-refractivity contribution in [2.24, 2.45) is 0 Å². The minimum absolute atomic E-state index is 0.0582. The molecular weight excluding hydrogens is 667 g/mol. The van der Waals surface area contributed by atoms with E-state index < -0.39 is 5.54 Å². The van der Waals surface area contributed by atoms with Gasteiger partial charge in [0.15, 0.2) is 0 Å². The summed E-state index contributed by atoms with van der Waals surface area (Å²) in [5, 5.41) is 10.5. The van der Waals surface area contributed by atoms with E-state index in [4.69, 9.17) is 14.2 Å². The lowest BCUT2D eigenvalue weighted by Crippen LogP contribution is -2.55. The number of ether oxygens (including phenoxy) is 3. The molecule has 8 aromatic rings. The van der Waals surface area contributed by atoms with Crippen LogP contribution in [0.5, 0.6) is 17.2 Å². The number of aromatic nitrogens is 1. The van der Waals surface area contributed by atoms with Crippen molar-refractivity contribution in [3.63, 3.8) is 0 Å². The molecule has 2 aliphatic rings. The van der Waals surface area contributed by atoms with Crippen molar-refractivity contribution in [2.45, 2.75) is 31.3 Å². The van der Waals surface area contributed by atoms with Crippen LogP contribution in [-0.2, 0) is 5.54 Å². The van der Waals surface area contributed by atoms with Crippen LogP contribution in [0.15, 0.2) is 140 Å². The summed E-state index contributed by atoms with van der Waals surface area (Å²) >= 11 is 0. The fourth-order valence-corrected chi connectivity index (χ4v) is 9.51. The first-order valence-electron chi connectivity index (χ1n) is 18.7. The number of nitrogens with one attached hydrogen (secondary N) is 1. The Morgan fingerprint density at radius 2 is 1.31 bits per heavy atom. The van der Waals surface area contributed by atoms with Crippen molar-refractivity contribution in [1.29, 1.82) is 0 Å². The Bertz CT molecular complexity index is 2730. The smallest absolute Gasteiger partial charge is 0.127 e. The SMILES string of the molecule is CCCC12c3cccc4ccc5cccc(c5c34)C1Nc1ccccc1N2c1c(-c2ccc(OC)cc2)c2cc(OC)ccc2n1-c1ccc(OC)cc1. The van der Waals surface area contributed by atoms with Crippen LogP contribution in [0.3, 0.4) is 0 Å². The summed E-state index contributed by atoms with van der Waals surface area (Å²) < 4.78 is 19.7. The fourth-order valence-electron chi connectivity index (χ4n) is 9.51. The maximum Gasteiger partial charge on any atom is 0.127 e. The molecule has 266 valence electrons. The second-order valence-electron chi connectivity index (χ2n) is 14.4. The minimum Gasteiger partial charge on any atom is -0.497 e. The average molecular weight is 708 g/mol. The molecule has 0 saturated carbocycles. The molecule has 1 N–H and O–H groups in total. The number of benzene rings is 7. The lowest BCUT2D eigenvalue weighted by molar-refractivity contribution is 0.333. The molecule has 0 spiro atoms. The molecule has 1 aliphatic carbocycles. The first kappa shape index (κ1) is 32.3. The summed E-state index contributed by atoms with van der Waals surface area (Å²) in [6.07, 6.45) is 1.87. The highest BCUT2D eigenvalue weighted by Crippen LogP contribution is 2.63. The van der Waals surface area contributed by atoms with Gasteiger partial charge in [0, 0.05) is 16.6 Å². The summed E-state index contributed by atoms with van der Waals surface area (Å²) in [6, 6.07) is 50.5. The van der Waals surface area contributed by atoms with Crippen LogP contribution in [0, 0.1) is 0 Å². The Balaban J connectivity index is 1.42. The highest BCUT2D eigenvalue weighted by Gasteiger charge is 2.54. The van der Waals surface area contributed by atoms with E-state index in [0.717, 1.165) is 75.0 Å². The second kappa shape index (κ2) is 12.3. The Labute approximate surface area is 315 Å². The van der Waals surface area contributed by atoms with Crippen molar-refractivity contribution in [3.05, 3.63) is 151 Å². The molecule has 0 fully saturated rings. The van der Waals surface area contributed by atoms with Crippen molar-refractivity contribution < 1.29 is 14.2 Å². The highest BCUT2D eigenvalue weighted by atomic mass is 16.5. The van der Waals surface area contributed by atoms with Gasteiger partial charge in [-0.15, -0.1) is 0 Å². The molecule has 1 aliphatic heterocycles. The second-order valence-corrected chi connectivity index (χ2v) is 14.4. The minimum atomic E-state index is -0.533. The summed E-state index contributed by atoms with van der Waals surface area (Å²) in [7, 11) is 5.17. The van der Waals surface area contributed by atoms with Crippen LogP contribution >= 0.6 is 0 Å². The molecule has 0 saturated heterocycles. The van der Waals surface area contributed by atoms with Crippen LogP contribution in [0.2, 0.25) is 0 Å². The Morgan fingerprint density at radius 1 is 0.648 bits per heavy atom. The van der Waals surface area contributed by atoms with E-state index in [-0.39, 0.29) is 6.04 Å². The first-order chi connectivity index (χ1) is 26.6. The Morgan fingerprint density at radius 3 is 2.04 bits per heavy atom. The largest absolute Gasteiger partial charge is 0.497 e. The number of nitrogens with zero attached hydrogens (tertiary/aromatic N) is 2. The lowest BCUT2D eigenvalue weighted by atomic mass is 9.66. The average Bonchev–Trinajstić information content (AvgIpc) is 3.56. The topological polar surface area (TPSA) is 47.9 Å². The highest BCUT2D eigenvalue weighted by molar-refractivity contribution is 6.14. The van der Waals surface area contributed by atoms with Gasteiger partial charge >= 0.3 is 0 Å². The van der Waals surface area contributed by atoms with E-state index in [2.05, 4.69) is 161 Å². The van der Waals surface area contributed by atoms with E-state index in [1.54, 1.807) is 21.3 Å². The van der Waals surface area contributed by atoms with E-state index >= 15 is 0 Å². The summed E-state index contributed by atoms with van der Waals surface area (Å²) in [6.45, 7) is 2.32. The normalized spacial score (nSPS) is 17.0. The first-order valence-corrected chi connectivity index (χ1v) is 18.7. The molecule has 0 amide bonds. The van der Waals surface area contributed by atoms with Crippen LogP contribution in [-0.4, -0.2) is 25.9 Å². The monoisotopic (exact) mass is 707 g/mol. The number of methoxy groups -OCH3 is 3. The molecule has 6 nitrogen and oxygen atoms in total. The molecule has 2 unspecified atom stereocenters. The zero-order valence-electron chi connectivity index (χ0n) is 30.9. The van der Waals surface area contributed by atoms with E-state index in [9.17, 15) is 0 Å². The van der Waals surface area contributed by atoms with Gasteiger partial charge in [-0.05, 0) is 111 Å². The number of anilines is 3. The molecule has 10 rings (SSSR count). The molecule has 2 atom stereocenters. The van der Waals surface area contributed by atoms with E-state index in [1.165, 1.54) is 32.7 Å². The van der Waals surface area contributed by atoms with Crippen molar-refractivity contribution in [2.75, 3.05) is 31.5 Å². The number of para-hydroxylation sites is 2. The van der Waals surface area contributed by atoms with Crippen molar-refractivity contribution >= 4 is 49.6 Å². The maximum atomic E-state index is 5.92. The third kappa shape index (κ3) is 4.46. The van der Waals surface area contributed by atoms with E-state index in [0.29, 0.717) is 0 Å². The van der Waals surface area contributed by atoms with Gasteiger partial charge in [-0.2, -0.15) is 0 Å². The quantitative estimate of drug-likeness (QED) is 0.159. The third-order valence-corrected chi connectivity index (χ3v) is 11.7. The van der Waals surface area contributed by atoms with Gasteiger partial charge in [-0.1, -0.05) is 86.1 Å². The molecular formula is C48H41N3O3. The molecule has 0 bridgehead atoms. The van der Waals surface area contributed by atoms with Gasteiger partial charge in [-0.3, -0.25) is 4.57 Å². The van der Waals surface area contributed by atoms with Gasteiger partial charge in [0.25, 0.3) is 0 Å². The molecule has 2 heterocycles. The maximum absolute atomic E-state index is 5.92. The predicted octanol–water partition coefficient (Wildman–Crippen LogP) is 11.9. The number of rotatable bonds is 8. The predicted molar refractivity (Wildman–Crippen MR) is 221 cm³/mol. The van der Waals surface area contributed by atoms with Crippen LogP contribution in [0.4, 0.5) is 17.2 Å². The molecule has 54 heavy (non-hydrogen) atoms. The van der Waals surface area contributed by atoms with Crippen molar-refractivity contribution in [3.8, 4) is 34.1 Å². The zero-order chi connectivity index (χ0) is 36.6. The lowest BCUT2D eigenvalue weighted by Gasteiger charge is -2.57. The number of fused-ring (bicyclic) bond motifs is 5. The Kier molecular flexibility index (Phi) is 7.38. The molecule has 0 radical (unpaired) electrons. The van der Waals surface area contributed by atoms with Crippen LogP contribution in [0.25, 0.3) is 49.3 Å². The van der Waals surface area contributed by atoms with Gasteiger partial charge in [0.2, 0.25) is 0 Å². The number of hydrogen-bond donors (Lipinski definition) is 1. The van der Waals surface area contributed by atoms with Crippen LogP contribution < -0.4 is 24.4 Å². The van der Waals surface area contributed by atoms with Gasteiger partial charge in [-0.25, -0.2) is 0 Å². The van der Waals surface area contributed by atoms with Gasteiger partial charge < -0.3 is 24.4 Å². The number of hydrogen-bond acceptors (Lipinski definition) is 5. The van der Waals surface area contributed by atoms with E-state index in [1.807, 2.05) is 0 Å². The standard InChI is InChI=1S/C48H41N3O3/c1-5-28-48-39-13-9-11-31-17-16-30-10-8-12-37(43(30)45(31)39)46(48)49-40-14-6-7-15-42(40)51(48)47-44(32-18-22-34(52-2)23-19-32)38-29-36(54-4)26-27-41(38)50(47)33-20-24-35(53-3)25-21-33/h6-27,29,46,49H,5,28H2,1-4H3. The van der Waals surface area contributed by atoms with Gasteiger partial charge in [0.05, 0.1) is 49.8 Å².